The first-order valence-electron chi connectivity index (χ1n) is 6.53. The fraction of sp³-hybridized carbons (Fsp3) is 0.308. The molecule has 21 heavy (non-hydrogen) atoms. The van der Waals surface area contributed by atoms with E-state index in [1.807, 2.05) is 36.3 Å². The molecule has 0 spiro atoms. The summed E-state index contributed by atoms with van der Waals surface area (Å²) < 4.78 is 6.12. The summed E-state index contributed by atoms with van der Waals surface area (Å²) in [5.74, 6) is 0.539. The summed E-state index contributed by atoms with van der Waals surface area (Å²) in [4.78, 5) is 4.50. The van der Waals surface area contributed by atoms with Gasteiger partial charge in [-0.3, -0.25) is 4.68 Å². The Labute approximate surface area is 130 Å². The number of nitrogens with one attached hydrogen (secondary N) is 1. The van der Waals surface area contributed by atoms with Crippen LogP contribution in [0.1, 0.15) is 11.4 Å². The number of anilines is 2. The first kappa shape index (κ1) is 14.0. The molecule has 3 N–H and O–H groups in total. The Morgan fingerprint density at radius 1 is 1.43 bits per heavy atom. The van der Waals surface area contributed by atoms with Gasteiger partial charge >= 0.3 is 0 Å². The van der Waals surface area contributed by atoms with Crippen molar-refractivity contribution < 1.29 is 0 Å². The SMILES string of the molecule is Cc1csc(-c2c(N)nsc2NCCc2ccnn2C)n1. The number of nitrogen functional groups attached to an aromatic ring is 1. The van der Waals surface area contributed by atoms with Gasteiger partial charge in [0.25, 0.3) is 0 Å². The van der Waals surface area contributed by atoms with Crippen LogP contribution in [-0.4, -0.2) is 25.7 Å². The van der Waals surface area contributed by atoms with Gasteiger partial charge in [0, 0.05) is 43.0 Å². The standard InChI is InChI=1S/C13H16N6S2/c1-8-7-20-13(17-8)10-11(14)18-21-12(10)15-5-3-9-4-6-16-19(9)2/h4,6-7,15H,3,5H2,1-2H3,(H2,14,18). The number of aryl methyl sites for hydroxylation is 2. The number of hydrogen-bond donors (Lipinski definition) is 2. The molecule has 0 unspecified atom stereocenters. The molecule has 3 aromatic rings. The van der Waals surface area contributed by atoms with Crippen LogP contribution in [0.5, 0.6) is 0 Å². The van der Waals surface area contributed by atoms with E-state index in [0.29, 0.717) is 5.82 Å². The average Bonchev–Trinajstić information content (AvgIpc) is 3.13. The minimum atomic E-state index is 0.539. The van der Waals surface area contributed by atoms with Crippen molar-refractivity contribution in [1.82, 2.24) is 19.1 Å². The lowest BCUT2D eigenvalue weighted by molar-refractivity contribution is 0.711. The summed E-state index contributed by atoms with van der Waals surface area (Å²) in [7, 11) is 1.95. The van der Waals surface area contributed by atoms with Gasteiger partial charge in [-0.05, 0) is 24.5 Å². The highest BCUT2D eigenvalue weighted by molar-refractivity contribution is 7.15. The van der Waals surface area contributed by atoms with Gasteiger partial charge in [0.05, 0.1) is 5.56 Å². The van der Waals surface area contributed by atoms with Crippen molar-refractivity contribution in [3.63, 3.8) is 0 Å². The van der Waals surface area contributed by atoms with Crippen molar-refractivity contribution in [3.05, 3.63) is 29.0 Å². The maximum absolute atomic E-state index is 5.98. The van der Waals surface area contributed by atoms with E-state index in [1.54, 1.807) is 11.3 Å². The van der Waals surface area contributed by atoms with Crippen LogP contribution in [0.4, 0.5) is 10.8 Å². The zero-order chi connectivity index (χ0) is 14.8. The molecule has 3 heterocycles. The molecule has 0 fully saturated rings. The largest absolute Gasteiger partial charge is 0.382 e. The second-order valence-corrected chi connectivity index (χ2v) is 6.32. The van der Waals surface area contributed by atoms with Crippen molar-refractivity contribution in [2.24, 2.45) is 7.05 Å². The molecule has 3 rings (SSSR count). The highest BCUT2D eigenvalue weighted by Crippen LogP contribution is 2.38. The van der Waals surface area contributed by atoms with Crippen LogP contribution in [0.2, 0.25) is 0 Å². The van der Waals surface area contributed by atoms with E-state index in [0.717, 1.165) is 34.2 Å². The molecular formula is C13H16N6S2. The van der Waals surface area contributed by atoms with Gasteiger partial charge in [-0.15, -0.1) is 11.3 Å². The molecular weight excluding hydrogens is 304 g/mol. The zero-order valence-corrected chi connectivity index (χ0v) is 13.5. The smallest absolute Gasteiger partial charge is 0.149 e. The second-order valence-electron chi connectivity index (χ2n) is 4.69. The van der Waals surface area contributed by atoms with Crippen molar-refractivity contribution in [3.8, 4) is 10.6 Å². The number of thiazole rings is 1. The molecule has 110 valence electrons. The summed E-state index contributed by atoms with van der Waals surface area (Å²) >= 11 is 2.97. The van der Waals surface area contributed by atoms with Gasteiger partial charge < -0.3 is 11.1 Å². The molecule has 0 aromatic carbocycles. The molecule has 0 aliphatic heterocycles. The lowest BCUT2D eigenvalue weighted by atomic mass is 10.3. The lowest BCUT2D eigenvalue weighted by Crippen LogP contribution is -2.08. The number of nitrogens with zero attached hydrogens (tertiary/aromatic N) is 4. The maximum Gasteiger partial charge on any atom is 0.149 e. The van der Waals surface area contributed by atoms with Gasteiger partial charge in [-0.25, -0.2) is 4.98 Å². The number of aromatic nitrogens is 4. The Morgan fingerprint density at radius 3 is 2.95 bits per heavy atom. The molecule has 0 aliphatic rings. The van der Waals surface area contributed by atoms with Crippen molar-refractivity contribution in [2.75, 3.05) is 17.6 Å². The Morgan fingerprint density at radius 2 is 2.29 bits per heavy atom. The molecule has 0 amide bonds. The quantitative estimate of drug-likeness (QED) is 0.755. The second kappa shape index (κ2) is 5.82. The maximum atomic E-state index is 5.98. The van der Waals surface area contributed by atoms with E-state index in [4.69, 9.17) is 5.73 Å². The molecule has 0 aliphatic carbocycles. The molecule has 0 atom stereocenters. The fourth-order valence-corrected chi connectivity index (χ4v) is 3.71. The van der Waals surface area contributed by atoms with E-state index >= 15 is 0 Å². The van der Waals surface area contributed by atoms with Crippen LogP contribution >= 0.6 is 22.9 Å². The molecule has 3 aromatic heterocycles. The minimum Gasteiger partial charge on any atom is -0.382 e. The third-order valence-electron chi connectivity index (χ3n) is 3.14. The van der Waals surface area contributed by atoms with Gasteiger partial charge in [-0.2, -0.15) is 9.47 Å². The van der Waals surface area contributed by atoms with Crippen LogP contribution < -0.4 is 11.1 Å². The van der Waals surface area contributed by atoms with Crippen LogP contribution in [0, 0.1) is 6.92 Å². The summed E-state index contributed by atoms with van der Waals surface area (Å²) in [6.07, 6.45) is 2.70. The van der Waals surface area contributed by atoms with Crippen LogP contribution in [0.15, 0.2) is 17.6 Å². The van der Waals surface area contributed by atoms with Crippen LogP contribution in [0.25, 0.3) is 10.6 Å². The Kier molecular flexibility index (Phi) is 3.89. The van der Waals surface area contributed by atoms with Gasteiger partial charge in [0.2, 0.25) is 0 Å². The number of hydrogen-bond acceptors (Lipinski definition) is 7. The highest BCUT2D eigenvalue weighted by Gasteiger charge is 2.16. The predicted molar refractivity (Wildman–Crippen MR) is 87.8 cm³/mol. The summed E-state index contributed by atoms with van der Waals surface area (Å²) in [6.45, 7) is 2.78. The molecule has 8 heteroatoms. The summed E-state index contributed by atoms with van der Waals surface area (Å²) in [5, 5.41) is 11.5. The summed E-state index contributed by atoms with van der Waals surface area (Å²) in [6, 6.07) is 2.02. The highest BCUT2D eigenvalue weighted by atomic mass is 32.1. The van der Waals surface area contributed by atoms with Crippen molar-refractivity contribution in [2.45, 2.75) is 13.3 Å². The van der Waals surface area contributed by atoms with Crippen LogP contribution in [0.3, 0.4) is 0 Å². The van der Waals surface area contributed by atoms with E-state index in [2.05, 4.69) is 19.8 Å². The third kappa shape index (κ3) is 2.91. The zero-order valence-electron chi connectivity index (χ0n) is 11.8. The normalized spacial score (nSPS) is 11.0. The Bertz CT molecular complexity index is 742. The lowest BCUT2D eigenvalue weighted by Gasteiger charge is -2.06. The topological polar surface area (TPSA) is 81.6 Å². The minimum absolute atomic E-state index is 0.539. The molecule has 0 saturated heterocycles. The molecule has 0 saturated carbocycles. The molecule has 0 radical (unpaired) electrons. The molecule has 6 nitrogen and oxygen atoms in total. The monoisotopic (exact) mass is 320 g/mol. The Balaban J connectivity index is 1.73. The van der Waals surface area contributed by atoms with Gasteiger partial charge in [0.1, 0.15) is 15.8 Å². The first-order chi connectivity index (χ1) is 10.1. The summed E-state index contributed by atoms with van der Waals surface area (Å²) in [5.41, 5.74) is 9.09. The van der Waals surface area contributed by atoms with E-state index in [-0.39, 0.29) is 0 Å². The van der Waals surface area contributed by atoms with Crippen LogP contribution in [-0.2, 0) is 13.5 Å². The van der Waals surface area contributed by atoms with E-state index in [9.17, 15) is 0 Å². The first-order valence-corrected chi connectivity index (χ1v) is 8.19. The average molecular weight is 320 g/mol. The number of nitrogens with two attached hydrogens (primary N) is 1. The Hall–Kier alpha value is -1.93. The third-order valence-corrected chi connectivity index (χ3v) is 4.94. The van der Waals surface area contributed by atoms with Gasteiger partial charge in [-0.1, -0.05) is 0 Å². The van der Waals surface area contributed by atoms with E-state index in [1.165, 1.54) is 17.2 Å². The number of rotatable bonds is 5. The fourth-order valence-electron chi connectivity index (χ4n) is 2.05. The van der Waals surface area contributed by atoms with Gasteiger partial charge in [0.15, 0.2) is 0 Å². The van der Waals surface area contributed by atoms with E-state index < -0.39 is 0 Å². The van der Waals surface area contributed by atoms with Crippen molar-refractivity contribution in [1.29, 1.82) is 0 Å². The molecule has 0 bridgehead atoms. The van der Waals surface area contributed by atoms with Crippen molar-refractivity contribution >= 4 is 33.7 Å². The predicted octanol–water partition coefficient (Wildman–Crippen LogP) is 2.55.